The van der Waals surface area contributed by atoms with Crippen LogP contribution >= 0.6 is 11.6 Å². The SMILES string of the molecule is CCc1cnccc1C(=O)Nc1ccc(-n2cncn2)c(Cl)c1. The van der Waals surface area contributed by atoms with E-state index in [1.165, 1.54) is 6.33 Å². The predicted octanol–water partition coefficient (Wildman–Crippen LogP) is 3.13. The van der Waals surface area contributed by atoms with Crippen LogP contribution in [0.4, 0.5) is 5.69 Å². The van der Waals surface area contributed by atoms with Crippen LogP contribution in [0.25, 0.3) is 5.69 Å². The van der Waals surface area contributed by atoms with Gasteiger partial charge in [0.15, 0.2) is 0 Å². The molecule has 0 saturated heterocycles. The molecular formula is C16H14ClN5O. The zero-order chi connectivity index (χ0) is 16.2. The Kier molecular flexibility index (Phi) is 4.34. The van der Waals surface area contributed by atoms with E-state index in [1.807, 2.05) is 6.92 Å². The molecule has 1 amide bonds. The number of nitrogens with zero attached hydrogens (tertiary/aromatic N) is 4. The number of benzene rings is 1. The Balaban J connectivity index is 1.83. The number of carbonyl (C=O) groups is 1. The van der Waals surface area contributed by atoms with Crippen LogP contribution in [-0.4, -0.2) is 25.7 Å². The number of hydrogen-bond acceptors (Lipinski definition) is 4. The standard InChI is InChI=1S/C16H14ClN5O/c1-2-11-8-18-6-5-13(11)16(23)21-12-3-4-15(14(17)7-12)22-10-19-9-20-22/h3-10H,2H2,1H3,(H,21,23). The molecule has 0 aliphatic heterocycles. The molecule has 3 rings (SSSR count). The summed E-state index contributed by atoms with van der Waals surface area (Å²) in [6, 6.07) is 6.94. The lowest BCUT2D eigenvalue weighted by Gasteiger charge is -2.10. The van der Waals surface area contributed by atoms with Crippen LogP contribution in [0, 0.1) is 0 Å². The maximum atomic E-state index is 12.4. The van der Waals surface area contributed by atoms with E-state index in [2.05, 4.69) is 20.4 Å². The number of hydrogen-bond donors (Lipinski definition) is 1. The molecule has 0 aliphatic carbocycles. The Morgan fingerprint density at radius 3 is 2.87 bits per heavy atom. The molecule has 0 radical (unpaired) electrons. The van der Waals surface area contributed by atoms with Crippen molar-refractivity contribution in [3.8, 4) is 5.69 Å². The van der Waals surface area contributed by atoms with E-state index in [-0.39, 0.29) is 5.91 Å². The summed E-state index contributed by atoms with van der Waals surface area (Å²) < 4.78 is 1.56. The fourth-order valence-corrected chi connectivity index (χ4v) is 2.50. The topological polar surface area (TPSA) is 72.7 Å². The highest BCUT2D eigenvalue weighted by Crippen LogP contribution is 2.24. The molecule has 3 aromatic rings. The third-order valence-electron chi connectivity index (χ3n) is 3.40. The number of rotatable bonds is 4. The maximum Gasteiger partial charge on any atom is 0.256 e. The number of pyridine rings is 1. The Morgan fingerprint density at radius 1 is 1.30 bits per heavy atom. The molecule has 1 aromatic carbocycles. The van der Waals surface area contributed by atoms with Gasteiger partial charge in [0.05, 0.1) is 10.7 Å². The van der Waals surface area contributed by atoms with Gasteiger partial charge in [-0.1, -0.05) is 18.5 Å². The first-order valence-corrected chi connectivity index (χ1v) is 7.45. The zero-order valence-corrected chi connectivity index (χ0v) is 13.2. The molecule has 23 heavy (non-hydrogen) atoms. The number of nitrogens with one attached hydrogen (secondary N) is 1. The average Bonchev–Trinajstić information content (AvgIpc) is 3.09. The molecule has 116 valence electrons. The first kappa shape index (κ1) is 15.2. The summed E-state index contributed by atoms with van der Waals surface area (Å²) in [5.41, 5.74) is 2.82. The van der Waals surface area contributed by atoms with Crippen LogP contribution in [-0.2, 0) is 6.42 Å². The van der Waals surface area contributed by atoms with Crippen LogP contribution in [0.1, 0.15) is 22.8 Å². The van der Waals surface area contributed by atoms with Gasteiger partial charge in [-0.05, 0) is 36.2 Å². The lowest BCUT2D eigenvalue weighted by Crippen LogP contribution is -2.14. The van der Waals surface area contributed by atoms with Crippen molar-refractivity contribution < 1.29 is 4.79 Å². The largest absolute Gasteiger partial charge is 0.322 e. The average molecular weight is 328 g/mol. The Hall–Kier alpha value is -2.73. The van der Waals surface area contributed by atoms with E-state index in [0.717, 1.165) is 12.0 Å². The molecule has 0 aliphatic rings. The van der Waals surface area contributed by atoms with Crippen molar-refractivity contribution >= 4 is 23.2 Å². The summed E-state index contributed by atoms with van der Waals surface area (Å²) in [4.78, 5) is 20.3. The quantitative estimate of drug-likeness (QED) is 0.799. The van der Waals surface area contributed by atoms with Crippen LogP contribution in [0.5, 0.6) is 0 Å². The second kappa shape index (κ2) is 6.58. The van der Waals surface area contributed by atoms with E-state index in [1.54, 1.807) is 47.7 Å². The normalized spacial score (nSPS) is 10.5. The first-order valence-electron chi connectivity index (χ1n) is 7.08. The fourth-order valence-electron chi connectivity index (χ4n) is 2.23. The molecule has 1 N–H and O–H groups in total. The molecule has 2 aromatic heterocycles. The molecule has 2 heterocycles. The summed E-state index contributed by atoms with van der Waals surface area (Å²) in [6.07, 6.45) is 7.04. The van der Waals surface area contributed by atoms with Gasteiger partial charge in [0.25, 0.3) is 5.91 Å². The number of amides is 1. The van der Waals surface area contributed by atoms with Crippen molar-refractivity contribution in [3.63, 3.8) is 0 Å². The van der Waals surface area contributed by atoms with Gasteiger partial charge >= 0.3 is 0 Å². The van der Waals surface area contributed by atoms with Gasteiger partial charge in [0.2, 0.25) is 0 Å². The molecular weight excluding hydrogens is 314 g/mol. The Bertz CT molecular complexity index is 832. The predicted molar refractivity (Wildman–Crippen MR) is 87.9 cm³/mol. The second-order valence-corrected chi connectivity index (χ2v) is 5.25. The van der Waals surface area contributed by atoms with Crippen LogP contribution < -0.4 is 5.32 Å². The lowest BCUT2D eigenvalue weighted by molar-refractivity contribution is 0.102. The van der Waals surface area contributed by atoms with Crippen molar-refractivity contribution in [1.82, 2.24) is 19.7 Å². The highest BCUT2D eigenvalue weighted by atomic mass is 35.5. The van der Waals surface area contributed by atoms with Crippen molar-refractivity contribution in [3.05, 3.63) is 65.5 Å². The van der Waals surface area contributed by atoms with Gasteiger partial charge in [0, 0.05) is 23.6 Å². The van der Waals surface area contributed by atoms with E-state index in [9.17, 15) is 4.79 Å². The minimum absolute atomic E-state index is 0.186. The third-order valence-corrected chi connectivity index (χ3v) is 3.70. The highest BCUT2D eigenvalue weighted by molar-refractivity contribution is 6.32. The number of anilines is 1. The summed E-state index contributed by atoms with van der Waals surface area (Å²) in [6.45, 7) is 1.98. The van der Waals surface area contributed by atoms with Gasteiger partial charge in [-0.15, -0.1) is 0 Å². The van der Waals surface area contributed by atoms with E-state index in [0.29, 0.717) is 22.0 Å². The Morgan fingerprint density at radius 2 is 2.17 bits per heavy atom. The van der Waals surface area contributed by atoms with Gasteiger partial charge < -0.3 is 5.32 Å². The lowest BCUT2D eigenvalue weighted by atomic mass is 10.1. The van der Waals surface area contributed by atoms with E-state index in [4.69, 9.17) is 11.6 Å². The zero-order valence-electron chi connectivity index (χ0n) is 12.4. The van der Waals surface area contributed by atoms with Crippen molar-refractivity contribution in [2.24, 2.45) is 0 Å². The van der Waals surface area contributed by atoms with Crippen LogP contribution in [0.3, 0.4) is 0 Å². The van der Waals surface area contributed by atoms with Crippen molar-refractivity contribution in [1.29, 1.82) is 0 Å². The minimum Gasteiger partial charge on any atom is -0.322 e. The van der Waals surface area contributed by atoms with Gasteiger partial charge in [-0.25, -0.2) is 9.67 Å². The molecule has 0 unspecified atom stereocenters. The van der Waals surface area contributed by atoms with E-state index >= 15 is 0 Å². The summed E-state index contributed by atoms with van der Waals surface area (Å²) in [7, 11) is 0. The van der Waals surface area contributed by atoms with E-state index < -0.39 is 0 Å². The van der Waals surface area contributed by atoms with Crippen LogP contribution in [0.2, 0.25) is 5.02 Å². The van der Waals surface area contributed by atoms with Crippen molar-refractivity contribution in [2.75, 3.05) is 5.32 Å². The molecule has 0 spiro atoms. The fraction of sp³-hybridized carbons (Fsp3) is 0.125. The second-order valence-electron chi connectivity index (χ2n) is 4.85. The highest BCUT2D eigenvalue weighted by Gasteiger charge is 2.12. The molecule has 0 bridgehead atoms. The monoisotopic (exact) mass is 327 g/mol. The smallest absolute Gasteiger partial charge is 0.256 e. The number of aromatic nitrogens is 4. The summed E-state index contributed by atoms with van der Waals surface area (Å²) in [5, 5.41) is 7.36. The first-order chi connectivity index (χ1) is 11.2. The number of aryl methyl sites for hydroxylation is 1. The third kappa shape index (κ3) is 3.22. The molecule has 7 heteroatoms. The maximum absolute atomic E-state index is 12.4. The molecule has 0 fully saturated rings. The molecule has 0 saturated carbocycles. The van der Waals surface area contributed by atoms with Crippen molar-refractivity contribution in [2.45, 2.75) is 13.3 Å². The van der Waals surface area contributed by atoms with Gasteiger partial charge in [-0.3, -0.25) is 9.78 Å². The van der Waals surface area contributed by atoms with Crippen LogP contribution in [0.15, 0.2) is 49.3 Å². The summed E-state index contributed by atoms with van der Waals surface area (Å²) in [5.74, 6) is -0.186. The van der Waals surface area contributed by atoms with Gasteiger partial charge in [0.1, 0.15) is 12.7 Å². The number of halogens is 1. The molecule has 0 atom stereocenters. The minimum atomic E-state index is -0.186. The number of carbonyl (C=O) groups excluding carboxylic acids is 1. The summed E-state index contributed by atoms with van der Waals surface area (Å²) >= 11 is 6.26. The Labute approximate surface area is 138 Å². The molecule has 6 nitrogen and oxygen atoms in total. The van der Waals surface area contributed by atoms with Gasteiger partial charge in [-0.2, -0.15) is 5.10 Å².